The van der Waals surface area contributed by atoms with E-state index >= 15 is 0 Å². The number of rotatable bonds is 7. The molecular weight excluding hydrogens is 286 g/mol. The first-order valence-corrected chi connectivity index (χ1v) is 7.46. The lowest BCUT2D eigenvalue weighted by atomic mass is 10.2. The molecule has 2 heterocycles. The van der Waals surface area contributed by atoms with Gasteiger partial charge in [0.25, 0.3) is 5.56 Å². The number of aromatic nitrogens is 4. The molecule has 1 atom stereocenters. The third-order valence-corrected chi connectivity index (χ3v) is 3.63. The molecule has 8 heteroatoms. The number of fused-ring (bicyclic) bond motifs is 1. The van der Waals surface area contributed by atoms with Crippen LogP contribution in [0, 0.1) is 0 Å². The van der Waals surface area contributed by atoms with Gasteiger partial charge in [-0.1, -0.05) is 0 Å². The van der Waals surface area contributed by atoms with Gasteiger partial charge in [0.1, 0.15) is 11.3 Å². The molecular formula is C14H23N5O3. The average Bonchev–Trinajstić information content (AvgIpc) is 2.88. The SMILES string of the molecule is CNCc1nc2c([nH]1)c(=O)n(CCCC[C@@H](C)O)c(=O)n2C. The number of aliphatic hydroxyl groups is 1. The Labute approximate surface area is 127 Å². The average molecular weight is 309 g/mol. The summed E-state index contributed by atoms with van der Waals surface area (Å²) in [5.74, 6) is 0.622. The van der Waals surface area contributed by atoms with Gasteiger partial charge < -0.3 is 15.4 Å². The standard InChI is InChI=1S/C14H23N5O3/c1-9(20)6-4-5-7-19-13(21)11-12(18(3)14(19)22)17-10(16-11)8-15-2/h9,15,20H,4-8H2,1-3H3,(H,16,17)/t9-/m1/s1. The van der Waals surface area contributed by atoms with Crippen LogP contribution in [0.4, 0.5) is 0 Å². The van der Waals surface area contributed by atoms with Gasteiger partial charge in [0.05, 0.1) is 12.6 Å². The number of nitrogens with zero attached hydrogens (tertiary/aromatic N) is 3. The molecule has 0 aromatic carbocycles. The minimum atomic E-state index is -0.364. The molecule has 0 radical (unpaired) electrons. The summed E-state index contributed by atoms with van der Waals surface area (Å²) in [6.07, 6.45) is 1.73. The van der Waals surface area contributed by atoms with Crippen LogP contribution in [0.3, 0.4) is 0 Å². The van der Waals surface area contributed by atoms with Crippen LogP contribution < -0.4 is 16.6 Å². The van der Waals surface area contributed by atoms with Crippen molar-refractivity contribution in [3.8, 4) is 0 Å². The zero-order chi connectivity index (χ0) is 16.3. The smallest absolute Gasteiger partial charge is 0.332 e. The van der Waals surface area contributed by atoms with E-state index in [1.807, 2.05) is 0 Å². The lowest BCUT2D eigenvalue weighted by Crippen LogP contribution is -2.39. The Kier molecular flexibility index (Phi) is 5.15. The van der Waals surface area contributed by atoms with Gasteiger partial charge in [-0.2, -0.15) is 0 Å². The van der Waals surface area contributed by atoms with Crippen molar-refractivity contribution < 1.29 is 5.11 Å². The topological polar surface area (TPSA) is 105 Å². The number of hydrogen-bond donors (Lipinski definition) is 3. The maximum Gasteiger partial charge on any atom is 0.332 e. The Morgan fingerprint density at radius 3 is 2.73 bits per heavy atom. The highest BCUT2D eigenvalue weighted by Crippen LogP contribution is 2.05. The Morgan fingerprint density at radius 1 is 1.36 bits per heavy atom. The number of aliphatic hydroxyl groups excluding tert-OH is 1. The number of hydrogen-bond acceptors (Lipinski definition) is 5. The van der Waals surface area contributed by atoms with E-state index in [2.05, 4.69) is 15.3 Å². The van der Waals surface area contributed by atoms with Crippen LogP contribution in [0.2, 0.25) is 0 Å². The summed E-state index contributed by atoms with van der Waals surface area (Å²) in [6, 6.07) is 0. The highest BCUT2D eigenvalue weighted by Gasteiger charge is 2.14. The Bertz CT molecular complexity index is 756. The van der Waals surface area contributed by atoms with Gasteiger partial charge in [-0.15, -0.1) is 0 Å². The summed E-state index contributed by atoms with van der Waals surface area (Å²) in [5.41, 5.74) is 0.0189. The number of nitrogens with one attached hydrogen (secondary N) is 2. The van der Waals surface area contributed by atoms with Crippen LogP contribution in [0.1, 0.15) is 32.0 Å². The van der Waals surface area contributed by atoms with E-state index < -0.39 is 0 Å². The summed E-state index contributed by atoms with van der Waals surface area (Å²) in [4.78, 5) is 32.0. The van der Waals surface area contributed by atoms with E-state index in [-0.39, 0.29) is 17.4 Å². The zero-order valence-electron chi connectivity index (χ0n) is 13.2. The van der Waals surface area contributed by atoms with Gasteiger partial charge in [0.15, 0.2) is 5.65 Å². The molecule has 22 heavy (non-hydrogen) atoms. The van der Waals surface area contributed by atoms with Crippen LogP contribution in [-0.4, -0.2) is 37.4 Å². The molecule has 2 rings (SSSR count). The minimum Gasteiger partial charge on any atom is -0.393 e. The van der Waals surface area contributed by atoms with E-state index in [0.29, 0.717) is 42.9 Å². The van der Waals surface area contributed by atoms with E-state index in [4.69, 9.17) is 0 Å². The third-order valence-electron chi connectivity index (χ3n) is 3.63. The molecule has 0 aliphatic rings. The number of unbranched alkanes of at least 4 members (excludes halogenated alkanes) is 1. The Balaban J connectivity index is 2.34. The number of H-pyrrole nitrogens is 1. The molecule has 122 valence electrons. The molecule has 0 amide bonds. The maximum absolute atomic E-state index is 12.5. The molecule has 0 fully saturated rings. The molecule has 0 saturated heterocycles. The fourth-order valence-corrected chi connectivity index (χ4v) is 2.46. The van der Waals surface area contributed by atoms with Crippen LogP contribution in [-0.2, 0) is 20.1 Å². The third kappa shape index (κ3) is 3.28. The second-order valence-electron chi connectivity index (χ2n) is 5.56. The molecule has 2 aromatic heterocycles. The van der Waals surface area contributed by atoms with Crippen LogP contribution in [0.15, 0.2) is 9.59 Å². The monoisotopic (exact) mass is 309 g/mol. The second-order valence-corrected chi connectivity index (χ2v) is 5.56. The van der Waals surface area contributed by atoms with Crippen LogP contribution >= 0.6 is 0 Å². The lowest BCUT2D eigenvalue weighted by Gasteiger charge is -2.08. The van der Waals surface area contributed by atoms with Crippen molar-refractivity contribution in [2.45, 2.75) is 45.4 Å². The Hall–Kier alpha value is -1.93. The second kappa shape index (κ2) is 6.89. The van der Waals surface area contributed by atoms with Gasteiger partial charge in [-0.3, -0.25) is 13.9 Å². The van der Waals surface area contributed by atoms with Crippen molar-refractivity contribution in [1.29, 1.82) is 0 Å². The van der Waals surface area contributed by atoms with Crippen molar-refractivity contribution in [1.82, 2.24) is 24.4 Å². The Morgan fingerprint density at radius 2 is 2.09 bits per heavy atom. The van der Waals surface area contributed by atoms with Gasteiger partial charge in [-0.25, -0.2) is 9.78 Å². The van der Waals surface area contributed by atoms with Gasteiger partial charge in [-0.05, 0) is 33.2 Å². The maximum atomic E-state index is 12.5. The first-order valence-electron chi connectivity index (χ1n) is 7.46. The van der Waals surface area contributed by atoms with Crippen LogP contribution in [0.25, 0.3) is 11.2 Å². The van der Waals surface area contributed by atoms with Crippen LogP contribution in [0.5, 0.6) is 0 Å². The number of aromatic amines is 1. The van der Waals surface area contributed by atoms with Crippen molar-refractivity contribution in [3.63, 3.8) is 0 Å². The van der Waals surface area contributed by atoms with Crippen molar-refractivity contribution in [2.75, 3.05) is 7.05 Å². The molecule has 3 N–H and O–H groups in total. The van der Waals surface area contributed by atoms with Crippen molar-refractivity contribution in [2.24, 2.45) is 7.05 Å². The summed E-state index contributed by atoms with van der Waals surface area (Å²) >= 11 is 0. The van der Waals surface area contributed by atoms with E-state index in [0.717, 1.165) is 6.42 Å². The van der Waals surface area contributed by atoms with E-state index in [9.17, 15) is 14.7 Å². The normalized spacial score (nSPS) is 12.9. The van der Waals surface area contributed by atoms with Gasteiger partial charge in [0, 0.05) is 13.6 Å². The highest BCUT2D eigenvalue weighted by atomic mass is 16.3. The minimum absolute atomic E-state index is 0.342. The fourth-order valence-electron chi connectivity index (χ4n) is 2.46. The summed E-state index contributed by atoms with van der Waals surface area (Å²) in [5, 5.41) is 12.2. The molecule has 8 nitrogen and oxygen atoms in total. The summed E-state index contributed by atoms with van der Waals surface area (Å²) in [6.45, 7) is 2.57. The van der Waals surface area contributed by atoms with Gasteiger partial charge >= 0.3 is 5.69 Å². The lowest BCUT2D eigenvalue weighted by molar-refractivity contribution is 0.180. The van der Waals surface area contributed by atoms with Gasteiger partial charge in [0.2, 0.25) is 0 Å². The molecule has 0 saturated carbocycles. The quantitative estimate of drug-likeness (QED) is 0.609. The molecule has 0 aliphatic carbocycles. The molecule has 0 aliphatic heterocycles. The molecule has 0 spiro atoms. The largest absolute Gasteiger partial charge is 0.393 e. The molecule has 0 unspecified atom stereocenters. The highest BCUT2D eigenvalue weighted by molar-refractivity contribution is 5.69. The van der Waals surface area contributed by atoms with E-state index in [1.54, 1.807) is 21.0 Å². The van der Waals surface area contributed by atoms with Crippen molar-refractivity contribution in [3.05, 3.63) is 26.7 Å². The summed E-state index contributed by atoms with van der Waals surface area (Å²) < 4.78 is 2.62. The number of imidazole rings is 1. The molecule has 2 aromatic rings. The zero-order valence-corrected chi connectivity index (χ0v) is 13.2. The predicted octanol–water partition coefficient (Wildman–Crippen LogP) is -0.306. The molecule has 0 bridgehead atoms. The number of aryl methyl sites for hydroxylation is 1. The van der Waals surface area contributed by atoms with E-state index in [1.165, 1.54) is 9.13 Å². The predicted molar refractivity (Wildman–Crippen MR) is 83.9 cm³/mol. The first kappa shape index (κ1) is 16.4. The fraction of sp³-hybridized carbons (Fsp3) is 0.643. The van der Waals surface area contributed by atoms with Crippen molar-refractivity contribution >= 4 is 11.2 Å². The summed E-state index contributed by atoms with van der Waals surface area (Å²) in [7, 11) is 3.40. The first-order chi connectivity index (χ1) is 10.5.